The summed E-state index contributed by atoms with van der Waals surface area (Å²) in [5.41, 5.74) is 0.958. The van der Waals surface area contributed by atoms with Gasteiger partial charge in [0.15, 0.2) is 0 Å². The lowest BCUT2D eigenvalue weighted by Crippen LogP contribution is -2.11. The molecular formula is C16H26O2. The van der Waals surface area contributed by atoms with E-state index in [9.17, 15) is 5.11 Å². The Balaban J connectivity index is 2.44. The molecule has 1 rings (SSSR count). The van der Waals surface area contributed by atoms with Crippen LogP contribution >= 0.6 is 0 Å². The average molecular weight is 250 g/mol. The number of hydrogen-bond acceptors (Lipinski definition) is 2. The topological polar surface area (TPSA) is 29.5 Å². The number of benzene rings is 1. The molecule has 0 aliphatic rings. The third kappa shape index (κ3) is 5.09. The van der Waals surface area contributed by atoms with Crippen molar-refractivity contribution in [3.05, 3.63) is 29.8 Å². The molecule has 0 saturated carbocycles. The molecule has 1 N–H and O–H groups in total. The molecular weight excluding hydrogens is 224 g/mol. The minimum absolute atomic E-state index is 0.362. The van der Waals surface area contributed by atoms with Gasteiger partial charge in [0.2, 0.25) is 0 Å². The first-order valence-corrected chi connectivity index (χ1v) is 6.93. The average Bonchev–Trinajstić information content (AvgIpc) is 2.35. The van der Waals surface area contributed by atoms with Crippen LogP contribution in [0.15, 0.2) is 24.3 Å². The van der Waals surface area contributed by atoms with Crippen molar-refractivity contribution in [2.45, 2.75) is 46.6 Å². The standard InChI is InChI=1S/C16H26O2/c1-5-16(17)14-6-8-15(9-7-14)18-11-13(4)10-12(2)3/h6-9,12-13,16-17H,5,10-11H2,1-4H3/t13?,16-/m0/s1. The van der Waals surface area contributed by atoms with E-state index in [-0.39, 0.29) is 6.10 Å². The van der Waals surface area contributed by atoms with Gasteiger partial charge in [0.25, 0.3) is 0 Å². The van der Waals surface area contributed by atoms with Crippen LogP contribution < -0.4 is 4.74 Å². The maximum absolute atomic E-state index is 9.70. The van der Waals surface area contributed by atoms with Gasteiger partial charge in [-0.25, -0.2) is 0 Å². The SMILES string of the molecule is CC[C@H](O)c1ccc(OCC(C)CC(C)C)cc1. The molecule has 2 atom stereocenters. The minimum Gasteiger partial charge on any atom is -0.493 e. The number of ether oxygens (including phenoxy) is 1. The molecule has 102 valence electrons. The van der Waals surface area contributed by atoms with E-state index < -0.39 is 0 Å². The Hall–Kier alpha value is -1.02. The summed E-state index contributed by atoms with van der Waals surface area (Å²) in [6.45, 7) is 9.42. The molecule has 0 aliphatic carbocycles. The lowest BCUT2D eigenvalue weighted by Gasteiger charge is -2.15. The van der Waals surface area contributed by atoms with Crippen molar-refractivity contribution in [3.63, 3.8) is 0 Å². The van der Waals surface area contributed by atoms with Gasteiger partial charge in [-0.3, -0.25) is 0 Å². The molecule has 1 aromatic rings. The van der Waals surface area contributed by atoms with Crippen LogP contribution in [-0.4, -0.2) is 11.7 Å². The molecule has 0 aromatic heterocycles. The van der Waals surface area contributed by atoms with Crippen LogP contribution in [0.25, 0.3) is 0 Å². The third-order valence-corrected chi connectivity index (χ3v) is 3.06. The molecule has 1 unspecified atom stereocenters. The first-order valence-electron chi connectivity index (χ1n) is 6.93. The van der Waals surface area contributed by atoms with Gasteiger partial charge in [-0.1, -0.05) is 39.8 Å². The Labute approximate surface area is 111 Å². The quantitative estimate of drug-likeness (QED) is 0.786. The van der Waals surface area contributed by atoms with Crippen LogP contribution in [0.5, 0.6) is 5.75 Å². The van der Waals surface area contributed by atoms with Crippen molar-refractivity contribution >= 4 is 0 Å². The fourth-order valence-corrected chi connectivity index (χ4v) is 2.13. The highest BCUT2D eigenvalue weighted by molar-refractivity contribution is 5.28. The molecule has 18 heavy (non-hydrogen) atoms. The maximum atomic E-state index is 9.70. The van der Waals surface area contributed by atoms with Gasteiger partial charge < -0.3 is 9.84 Å². The summed E-state index contributed by atoms with van der Waals surface area (Å²) in [5, 5.41) is 9.70. The molecule has 2 heteroatoms. The summed E-state index contributed by atoms with van der Waals surface area (Å²) in [4.78, 5) is 0. The maximum Gasteiger partial charge on any atom is 0.119 e. The highest BCUT2D eigenvalue weighted by Crippen LogP contribution is 2.20. The van der Waals surface area contributed by atoms with Gasteiger partial charge in [0.1, 0.15) is 5.75 Å². The first-order chi connectivity index (χ1) is 8.52. The number of hydrogen-bond donors (Lipinski definition) is 1. The fourth-order valence-electron chi connectivity index (χ4n) is 2.13. The van der Waals surface area contributed by atoms with Crippen LogP contribution in [0.1, 0.15) is 52.2 Å². The zero-order valence-corrected chi connectivity index (χ0v) is 12.0. The Morgan fingerprint density at radius 1 is 1.11 bits per heavy atom. The normalized spacial score (nSPS) is 14.6. The summed E-state index contributed by atoms with van der Waals surface area (Å²) in [6, 6.07) is 7.76. The third-order valence-electron chi connectivity index (χ3n) is 3.06. The molecule has 0 spiro atoms. The number of aliphatic hydroxyl groups is 1. The van der Waals surface area contributed by atoms with Crippen LogP contribution in [0.2, 0.25) is 0 Å². The van der Waals surface area contributed by atoms with Gasteiger partial charge in [-0.05, 0) is 42.4 Å². The second-order valence-electron chi connectivity index (χ2n) is 5.54. The van der Waals surface area contributed by atoms with Crippen molar-refractivity contribution in [2.24, 2.45) is 11.8 Å². The second-order valence-corrected chi connectivity index (χ2v) is 5.54. The molecule has 2 nitrogen and oxygen atoms in total. The lowest BCUT2D eigenvalue weighted by atomic mass is 10.00. The van der Waals surface area contributed by atoms with Crippen molar-refractivity contribution in [1.29, 1.82) is 0 Å². The Morgan fingerprint density at radius 3 is 2.22 bits per heavy atom. The molecule has 0 amide bonds. The Bertz CT molecular complexity index is 329. The van der Waals surface area contributed by atoms with Gasteiger partial charge in [0, 0.05) is 0 Å². The highest BCUT2D eigenvalue weighted by Gasteiger charge is 2.07. The van der Waals surface area contributed by atoms with Crippen molar-refractivity contribution in [2.75, 3.05) is 6.61 Å². The fraction of sp³-hybridized carbons (Fsp3) is 0.625. The van der Waals surface area contributed by atoms with E-state index in [1.807, 2.05) is 31.2 Å². The minimum atomic E-state index is -0.362. The number of rotatable bonds is 7. The smallest absolute Gasteiger partial charge is 0.119 e. The van der Waals surface area contributed by atoms with Crippen LogP contribution in [0.3, 0.4) is 0 Å². The zero-order valence-electron chi connectivity index (χ0n) is 12.0. The predicted octanol–water partition coefficient (Wildman–Crippen LogP) is 4.19. The summed E-state index contributed by atoms with van der Waals surface area (Å²) in [6.07, 6.45) is 1.57. The van der Waals surface area contributed by atoms with E-state index in [1.54, 1.807) is 0 Å². The van der Waals surface area contributed by atoms with E-state index in [0.717, 1.165) is 24.3 Å². The van der Waals surface area contributed by atoms with Crippen molar-refractivity contribution < 1.29 is 9.84 Å². The van der Waals surface area contributed by atoms with Gasteiger partial charge in [0.05, 0.1) is 12.7 Å². The predicted molar refractivity (Wildman–Crippen MR) is 75.8 cm³/mol. The van der Waals surface area contributed by atoms with Gasteiger partial charge >= 0.3 is 0 Å². The summed E-state index contributed by atoms with van der Waals surface area (Å²) < 4.78 is 5.76. The molecule has 0 bridgehead atoms. The van der Waals surface area contributed by atoms with Crippen LogP contribution in [-0.2, 0) is 0 Å². The lowest BCUT2D eigenvalue weighted by molar-refractivity contribution is 0.173. The van der Waals surface area contributed by atoms with Crippen molar-refractivity contribution in [1.82, 2.24) is 0 Å². The Kier molecular flexibility index (Phi) is 6.20. The first kappa shape index (κ1) is 15.0. The highest BCUT2D eigenvalue weighted by atomic mass is 16.5. The summed E-state index contributed by atoms with van der Waals surface area (Å²) >= 11 is 0. The molecule has 0 radical (unpaired) electrons. The monoisotopic (exact) mass is 250 g/mol. The van der Waals surface area contributed by atoms with E-state index in [0.29, 0.717) is 11.8 Å². The van der Waals surface area contributed by atoms with E-state index in [2.05, 4.69) is 20.8 Å². The summed E-state index contributed by atoms with van der Waals surface area (Å²) in [5.74, 6) is 2.18. The second kappa shape index (κ2) is 7.42. The molecule has 0 saturated heterocycles. The van der Waals surface area contributed by atoms with E-state index >= 15 is 0 Å². The van der Waals surface area contributed by atoms with Crippen LogP contribution in [0, 0.1) is 11.8 Å². The molecule has 0 aliphatic heterocycles. The van der Waals surface area contributed by atoms with E-state index in [4.69, 9.17) is 4.74 Å². The molecule has 0 fully saturated rings. The zero-order chi connectivity index (χ0) is 13.5. The van der Waals surface area contributed by atoms with Gasteiger partial charge in [-0.2, -0.15) is 0 Å². The summed E-state index contributed by atoms with van der Waals surface area (Å²) in [7, 11) is 0. The largest absolute Gasteiger partial charge is 0.493 e. The number of aliphatic hydroxyl groups excluding tert-OH is 1. The van der Waals surface area contributed by atoms with E-state index in [1.165, 1.54) is 6.42 Å². The van der Waals surface area contributed by atoms with Crippen molar-refractivity contribution in [3.8, 4) is 5.75 Å². The van der Waals surface area contributed by atoms with Gasteiger partial charge in [-0.15, -0.1) is 0 Å². The Morgan fingerprint density at radius 2 is 1.72 bits per heavy atom. The molecule has 1 aromatic carbocycles. The molecule has 0 heterocycles. The van der Waals surface area contributed by atoms with Crippen LogP contribution in [0.4, 0.5) is 0 Å².